The minimum atomic E-state index is -3.92. The van der Waals surface area contributed by atoms with E-state index in [1.165, 1.54) is 6.07 Å². The zero-order chi connectivity index (χ0) is 19.4. The van der Waals surface area contributed by atoms with Gasteiger partial charge in [0, 0.05) is 6.61 Å². The fourth-order valence-electron chi connectivity index (χ4n) is 2.85. The van der Waals surface area contributed by atoms with E-state index in [1.807, 2.05) is 4.72 Å². The molecule has 0 aliphatic carbocycles. The Morgan fingerprint density at radius 2 is 1.81 bits per heavy atom. The second-order valence-corrected chi connectivity index (χ2v) is 9.02. The van der Waals surface area contributed by atoms with Gasteiger partial charge in [0.25, 0.3) is 0 Å². The van der Waals surface area contributed by atoms with Gasteiger partial charge in [-0.05, 0) is 42.4 Å². The minimum Gasteiger partial charge on any atom is -0.506 e. The van der Waals surface area contributed by atoms with E-state index in [2.05, 4.69) is 13.8 Å². The predicted octanol–water partition coefficient (Wildman–Crippen LogP) is 2.92. The summed E-state index contributed by atoms with van der Waals surface area (Å²) < 4.78 is 26.7. The second-order valence-electron chi connectivity index (χ2n) is 7.48. The number of hydrogen-bond acceptors (Lipinski definition) is 5. The molecular weight excluding hydrogens is 356 g/mol. The van der Waals surface area contributed by atoms with E-state index in [0.717, 1.165) is 54.6 Å². The number of aliphatic hydroxyl groups is 2. The van der Waals surface area contributed by atoms with Crippen molar-refractivity contribution in [3.8, 4) is 5.75 Å². The molecule has 0 radical (unpaired) electrons. The van der Waals surface area contributed by atoms with Crippen molar-refractivity contribution in [2.75, 3.05) is 10.9 Å². The summed E-state index contributed by atoms with van der Waals surface area (Å²) in [5.41, 5.74) is 1.01. The molecule has 1 aromatic rings. The molecule has 4 N–H and O–H groups in total. The highest BCUT2D eigenvalue weighted by atomic mass is 32.2. The van der Waals surface area contributed by atoms with Crippen LogP contribution in [-0.2, 0) is 16.6 Å². The molecule has 26 heavy (non-hydrogen) atoms. The number of nitrogens with one attached hydrogen (secondary N) is 1. The standard InChI is InChI=1S/C18H28N2O5S/c1-18(2,13-21)10-6-4-3-5-7-14-8-9-16(22)15(11-14)20-12-17(23)19-26(20,24)25/h8-9,11-12,19,21-23H,3-7,10,13H2,1-2H3. The molecule has 2 rings (SSSR count). The van der Waals surface area contributed by atoms with Gasteiger partial charge in [0.05, 0.1) is 6.20 Å². The van der Waals surface area contributed by atoms with Crippen molar-refractivity contribution in [3.05, 3.63) is 35.8 Å². The minimum absolute atomic E-state index is 0.0276. The average molecular weight is 384 g/mol. The van der Waals surface area contributed by atoms with Crippen molar-refractivity contribution in [1.29, 1.82) is 0 Å². The fraction of sp³-hybridized carbons (Fsp3) is 0.556. The molecule has 8 heteroatoms. The van der Waals surface area contributed by atoms with Gasteiger partial charge in [-0.1, -0.05) is 39.2 Å². The Hall–Kier alpha value is -1.93. The Kier molecular flexibility index (Phi) is 6.41. The van der Waals surface area contributed by atoms with E-state index in [0.29, 0.717) is 0 Å². The summed E-state index contributed by atoms with van der Waals surface area (Å²) >= 11 is 0. The third kappa shape index (κ3) is 5.28. The Morgan fingerprint density at radius 3 is 2.42 bits per heavy atom. The SMILES string of the molecule is CC(C)(CO)CCCCCCc1ccc(O)c(N2C=C(O)NS2(=O)=O)c1. The van der Waals surface area contributed by atoms with Gasteiger partial charge in [-0.2, -0.15) is 8.42 Å². The molecule has 0 saturated heterocycles. The Balaban J connectivity index is 1.90. The van der Waals surface area contributed by atoms with E-state index in [1.54, 1.807) is 12.1 Å². The van der Waals surface area contributed by atoms with Crippen LogP contribution in [0, 0.1) is 5.41 Å². The molecule has 1 aliphatic rings. The third-order valence-corrected chi connectivity index (χ3v) is 5.79. The maximum atomic E-state index is 11.9. The summed E-state index contributed by atoms with van der Waals surface area (Å²) in [6.07, 6.45) is 6.93. The highest BCUT2D eigenvalue weighted by Gasteiger charge is 2.30. The summed E-state index contributed by atoms with van der Waals surface area (Å²) in [4.78, 5) is 0. The predicted molar refractivity (Wildman–Crippen MR) is 101 cm³/mol. The molecule has 146 valence electrons. The molecule has 0 atom stereocenters. The van der Waals surface area contributed by atoms with Crippen LogP contribution in [0.2, 0.25) is 0 Å². The zero-order valence-electron chi connectivity index (χ0n) is 15.3. The Labute approximate surface area is 155 Å². The fourth-order valence-corrected chi connectivity index (χ4v) is 3.91. The Morgan fingerprint density at radius 1 is 1.12 bits per heavy atom. The van der Waals surface area contributed by atoms with Crippen molar-refractivity contribution in [2.24, 2.45) is 5.41 Å². The molecular formula is C18H28N2O5S. The molecule has 1 aliphatic heterocycles. The second kappa shape index (κ2) is 8.18. The van der Waals surface area contributed by atoms with Crippen molar-refractivity contribution < 1.29 is 23.7 Å². The number of aryl methyl sites for hydroxylation is 1. The molecule has 7 nitrogen and oxygen atoms in total. The summed E-state index contributed by atoms with van der Waals surface area (Å²) in [7, 11) is -3.92. The number of anilines is 1. The number of aliphatic hydroxyl groups excluding tert-OH is 2. The monoisotopic (exact) mass is 384 g/mol. The average Bonchev–Trinajstić information content (AvgIpc) is 2.84. The molecule has 0 aromatic heterocycles. The molecule has 0 bridgehead atoms. The van der Waals surface area contributed by atoms with Crippen LogP contribution in [0.5, 0.6) is 5.75 Å². The molecule has 0 amide bonds. The van der Waals surface area contributed by atoms with E-state index in [9.17, 15) is 23.7 Å². The lowest BCUT2D eigenvalue weighted by molar-refractivity contribution is 0.147. The van der Waals surface area contributed by atoms with Crippen molar-refractivity contribution in [3.63, 3.8) is 0 Å². The van der Waals surface area contributed by atoms with Crippen LogP contribution in [0.25, 0.3) is 0 Å². The van der Waals surface area contributed by atoms with Gasteiger partial charge >= 0.3 is 10.2 Å². The molecule has 0 saturated carbocycles. The molecule has 0 fully saturated rings. The van der Waals surface area contributed by atoms with Gasteiger partial charge < -0.3 is 15.3 Å². The lowest BCUT2D eigenvalue weighted by atomic mass is 9.88. The Bertz CT molecular complexity index is 759. The highest BCUT2D eigenvalue weighted by molar-refractivity contribution is 7.91. The van der Waals surface area contributed by atoms with Crippen LogP contribution in [-0.4, -0.2) is 30.3 Å². The van der Waals surface area contributed by atoms with Gasteiger partial charge in [-0.3, -0.25) is 0 Å². The lowest BCUT2D eigenvalue weighted by Crippen LogP contribution is -2.29. The number of phenols is 1. The summed E-state index contributed by atoms with van der Waals surface area (Å²) in [6.45, 7) is 4.30. The van der Waals surface area contributed by atoms with E-state index < -0.39 is 16.1 Å². The van der Waals surface area contributed by atoms with Gasteiger partial charge in [-0.15, -0.1) is 0 Å². The normalized spacial score (nSPS) is 16.4. The third-order valence-electron chi connectivity index (χ3n) is 4.51. The van der Waals surface area contributed by atoms with E-state index in [4.69, 9.17) is 0 Å². The maximum absolute atomic E-state index is 11.9. The number of rotatable bonds is 9. The number of hydrogen-bond donors (Lipinski definition) is 4. The molecule has 0 unspecified atom stereocenters. The van der Waals surface area contributed by atoms with Gasteiger partial charge in [0.15, 0.2) is 0 Å². The quantitative estimate of drug-likeness (QED) is 0.489. The van der Waals surface area contributed by atoms with Gasteiger partial charge in [-0.25, -0.2) is 9.03 Å². The van der Waals surface area contributed by atoms with Crippen LogP contribution in [0.15, 0.2) is 30.3 Å². The van der Waals surface area contributed by atoms with E-state index >= 15 is 0 Å². The molecule has 1 heterocycles. The molecule has 1 aromatic carbocycles. The number of unbranched alkanes of at least 4 members (excludes halogenated alkanes) is 3. The highest BCUT2D eigenvalue weighted by Crippen LogP contribution is 2.33. The first kappa shape index (κ1) is 20.4. The number of nitrogens with zero attached hydrogens (tertiary/aromatic N) is 1. The zero-order valence-corrected chi connectivity index (χ0v) is 16.1. The molecule has 0 spiro atoms. The van der Waals surface area contributed by atoms with Crippen molar-refractivity contribution in [2.45, 2.75) is 52.4 Å². The van der Waals surface area contributed by atoms with Crippen molar-refractivity contribution in [1.82, 2.24) is 4.72 Å². The first-order valence-electron chi connectivity index (χ1n) is 8.80. The lowest BCUT2D eigenvalue weighted by Gasteiger charge is -2.21. The summed E-state index contributed by atoms with van der Waals surface area (Å²) in [6, 6.07) is 4.86. The van der Waals surface area contributed by atoms with Crippen LogP contribution < -0.4 is 9.03 Å². The van der Waals surface area contributed by atoms with Crippen molar-refractivity contribution >= 4 is 15.9 Å². The summed E-state index contributed by atoms with van der Waals surface area (Å²) in [5.74, 6) is -0.656. The van der Waals surface area contributed by atoms with Crippen LogP contribution in [0.1, 0.15) is 51.5 Å². The smallest absolute Gasteiger partial charge is 0.330 e. The van der Waals surface area contributed by atoms with Crippen LogP contribution >= 0.6 is 0 Å². The largest absolute Gasteiger partial charge is 0.506 e. The maximum Gasteiger partial charge on any atom is 0.330 e. The van der Waals surface area contributed by atoms with Crippen LogP contribution in [0.4, 0.5) is 5.69 Å². The first-order chi connectivity index (χ1) is 12.1. The summed E-state index contributed by atoms with van der Waals surface area (Å²) in [5, 5.41) is 28.6. The van der Waals surface area contributed by atoms with Gasteiger partial charge in [0.1, 0.15) is 11.4 Å². The topological polar surface area (TPSA) is 110 Å². The van der Waals surface area contributed by atoms with Gasteiger partial charge in [0.2, 0.25) is 5.88 Å². The number of benzene rings is 1. The van der Waals surface area contributed by atoms with E-state index in [-0.39, 0.29) is 23.5 Å². The van der Waals surface area contributed by atoms with Crippen LogP contribution in [0.3, 0.4) is 0 Å². The number of phenolic OH excluding ortho intramolecular Hbond substituents is 1. The first-order valence-corrected chi connectivity index (χ1v) is 10.2. The number of aromatic hydroxyl groups is 1.